The molecule has 0 aliphatic heterocycles. The number of hydrogen-bond acceptors (Lipinski definition) is 3. The number of ether oxygens (including phenoxy) is 2. The lowest BCUT2D eigenvalue weighted by molar-refractivity contribution is -0.128. The van der Waals surface area contributed by atoms with Crippen LogP contribution in [0.1, 0.15) is 13.8 Å². The number of methoxy groups -OCH3 is 1. The van der Waals surface area contributed by atoms with E-state index < -0.39 is 6.10 Å². The molecule has 0 heterocycles. The van der Waals surface area contributed by atoms with E-state index >= 15 is 0 Å². The first kappa shape index (κ1) is 13.5. The van der Waals surface area contributed by atoms with Crippen LogP contribution in [-0.2, 0) is 9.53 Å². The van der Waals surface area contributed by atoms with Crippen molar-refractivity contribution in [1.29, 1.82) is 0 Å². The predicted molar refractivity (Wildman–Crippen MR) is 66.0 cm³/mol. The molecule has 1 aromatic carbocycles. The fraction of sp³-hybridized carbons (Fsp3) is 0.462. The molecular weight excluding hydrogens is 218 g/mol. The van der Waals surface area contributed by atoms with Crippen molar-refractivity contribution in [3.63, 3.8) is 0 Å². The summed E-state index contributed by atoms with van der Waals surface area (Å²) in [5.74, 6) is 0.549. The van der Waals surface area contributed by atoms with Gasteiger partial charge < -0.3 is 14.8 Å². The molecule has 0 spiro atoms. The van der Waals surface area contributed by atoms with Gasteiger partial charge >= 0.3 is 0 Å². The van der Waals surface area contributed by atoms with Crippen molar-refractivity contribution in [2.45, 2.75) is 26.0 Å². The molecule has 4 heteroatoms. The normalized spacial score (nSPS) is 13.8. The van der Waals surface area contributed by atoms with Crippen LogP contribution >= 0.6 is 0 Å². The highest BCUT2D eigenvalue weighted by molar-refractivity contribution is 5.80. The van der Waals surface area contributed by atoms with Crippen LogP contribution in [0.4, 0.5) is 0 Å². The molecule has 0 aromatic heterocycles. The zero-order valence-electron chi connectivity index (χ0n) is 10.5. The van der Waals surface area contributed by atoms with Crippen LogP contribution in [0.5, 0.6) is 5.75 Å². The summed E-state index contributed by atoms with van der Waals surface area (Å²) in [4.78, 5) is 11.7. The number of carbonyl (C=O) groups excluding carboxylic acids is 1. The molecule has 1 amide bonds. The molecule has 1 aromatic rings. The Morgan fingerprint density at radius 1 is 1.29 bits per heavy atom. The minimum atomic E-state index is -0.517. The quantitative estimate of drug-likeness (QED) is 0.817. The molecule has 0 saturated carbocycles. The largest absolute Gasteiger partial charge is 0.481 e. The summed E-state index contributed by atoms with van der Waals surface area (Å²) >= 11 is 0. The fourth-order valence-corrected chi connectivity index (χ4v) is 1.41. The van der Waals surface area contributed by atoms with Gasteiger partial charge in [0.2, 0.25) is 0 Å². The minimum absolute atomic E-state index is 0.0191. The Kier molecular flexibility index (Phi) is 5.49. The number of rotatable bonds is 6. The van der Waals surface area contributed by atoms with Gasteiger partial charge in [0.1, 0.15) is 5.75 Å². The van der Waals surface area contributed by atoms with E-state index in [9.17, 15) is 4.79 Å². The van der Waals surface area contributed by atoms with Gasteiger partial charge in [-0.05, 0) is 26.0 Å². The monoisotopic (exact) mass is 237 g/mol. The molecule has 4 nitrogen and oxygen atoms in total. The fourth-order valence-electron chi connectivity index (χ4n) is 1.41. The maximum atomic E-state index is 11.7. The minimum Gasteiger partial charge on any atom is -0.481 e. The highest BCUT2D eigenvalue weighted by Gasteiger charge is 2.16. The summed E-state index contributed by atoms with van der Waals surface area (Å²) in [7, 11) is 1.60. The lowest BCUT2D eigenvalue weighted by Crippen LogP contribution is -2.43. The highest BCUT2D eigenvalue weighted by atomic mass is 16.5. The molecule has 0 unspecified atom stereocenters. The average Bonchev–Trinajstić information content (AvgIpc) is 2.30. The second-order valence-corrected chi connectivity index (χ2v) is 3.94. The third kappa shape index (κ3) is 4.87. The van der Waals surface area contributed by atoms with E-state index in [4.69, 9.17) is 9.47 Å². The molecule has 1 rings (SSSR count). The third-order valence-electron chi connectivity index (χ3n) is 2.23. The van der Waals surface area contributed by atoms with E-state index in [0.717, 1.165) is 0 Å². The van der Waals surface area contributed by atoms with Crippen molar-refractivity contribution in [2.75, 3.05) is 13.7 Å². The van der Waals surface area contributed by atoms with Crippen LogP contribution < -0.4 is 10.1 Å². The predicted octanol–water partition coefficient (Wildman–Crippen LogP) is 1.60. The third-order valence-corrected chi connectivity index (χ3v) is 2.23. The van der Waals surface area contributed by atoms with Crippen LogP contribution in [0, 0.1) is 0 Å². The van der Waals surface area contributed by atoms with Crippen LogP contribution in [0.2, 0.25) is 0 Å². The summed E-state index contributed by atoms with van der Waals surface area (Å²) in [5, 5.41) is 2.81. The molecule has 1 N–H and O–H groups in total. The SMILES string of the molecule is COC[C@H](C)NC(=O)[C@H](C)Oc1ccccc1. The molecule has 0 fully saturated rings. The van der Waals surface area contributed by atoms with Crippen LogP contribution in [0.15, 0.2) is 30.3 Å². The molecule has 0 bridgehead atoms. The first-order chi connectivity index (χ1) is 8.13. The van der Waals surface area contributed by atoms with Crippen molar-refractivity contribution < 1.29 is 14.3 Å². The number of hydrogen-bond donors (Lipinski definition) is 1. The number of nitrogens with one attached hydrogen (secondary N) is 1. The number of carbonyl (C=O) groups is 1. The summed E-state index contributed by atoms with van der Waals surface area (Å²) in [5.41, 5.74) is 0. The standard InChI is InChI=1S/C13H19NO3/c1-10(9-16-3)14-13(15)11(2)17-12-7-5-4-6-8-12/h4-8,10-11H,9H2,1-3H3,(H,14,15)/t10-,11-/m0/s1. The van der Waals surface area contributed by atoms with Crippen molar-refractivity contribution in [3.8, 4) is 5.75 Å². The van der Waals surface area contributed by atoms with Gasteiger partial charge in [0.05, 0.1) is 6.61 Å². The van der Waals surface area contributed by atoms with Gasteiger partial charge in [0, 0.05) is 13.2 Å². The van der Waals surface area contributed by atoms with E-state index in [-0.39, 0.29) is 11.9 Å². The van der Waals surface area contributed by atoms with Gasteiger partial charge in [0.15, 0.2) is 6.10 Å². The lowest BCUT2D eigenvalue weighted by atomic mass is 10.3. The Bertz CT molecular complexity index is 340. The second kappa shape index (κ2) is 6.91. The van der Waals surface area contributed by atoms with Crippen molar-refractivity contribution >= 4 is 5.91 Å². The van der Waals surface area contributed by atoms with E-state index in [0.29, 0.717) is 12.4 Å². The first-order valence-electron chi connectivity index (χ1n) is 5.64. The first-order valence-corrected chi connectivity index (χ1v) is 5.64. The van der Waals surface area contributed by atoms with Crippen LogP contribution in [0.25, 0.3) is 0 Å². The van der Waals surface area contributed by atoms with Crippen molar-refractivity contribution in [1.82, 2.24) is 5.32 Å². The number of amides is 1. The smallest absolute Gasteiger partial charge is 0.261 e. The summed E-state index contributed by atoms with van der Waals surface area (Å²) < 4.78 is 10.4. The summed E-state index contributed by atoms with van der Waals surface area (Å²) in [6, 6.07) is 9.26. The zero-order valence-corrected chi connectivity index (χ0v) is 10.5. The molecule has 0 radical (unpaired) electrons. The Hall–Kier alpha value is -1.55. The van der Waals surface area contributed by atoms with Crippen LogP contribution in [0.3, 0.4) is 0 Å². The number of benzene rings is 1. The van der Waals surface area contributed by atoms with Gasteiger partial charge in [-0.25, -0.2) is 0 Å². The Morgan fingerprint density at radius 2 is 1.94 bits per heavy atom. The zero-order chi connectivity index (χ0) is 12.7. The maximum absolute atomic E-state index is 11.7. The molecule has 94 valence electrons. The van der Waals surface area contributed by atoms with Gasteiger partial charge in [0.25, 0.3) is 5.91 Å². The highest BCUT2D eigenvalue weighted by Crippen LogP contribution is 2.10. The van der Waals surface area contributed by atoms with Crippen molar-refractivity contribution in [2.24, 2.45) is 0 Å². The Labute approximate surface area is 102 Å². The molecule has 0 aliphatic carbocycles. The van der Waals surface area contributed by atoms with E-state index in [2.05, 4.69) is 5.32 Å². The number of para-hydroxylation sites is 1. The second-order valence-electron chi connectivity index (χ2n) is 3.94. The lowest BCUT2D eigenvalue weighted by Gasteiger charge is -2.18. The average molecular weight is 237 g/mol. The Morgan fingerprint density at radius 3 is 2.53 bits per heavy atom. The van der Waals surface area contributed by atoms with Crippen molar-refractivity contribution in [3.05, 3.63) is 30.3 Å². The molecule has 0 aliphatic rings. The molecule has 2 atom stereocenters. The maximum Gasteiger partial charge on any atom is 0.261 e. The van der Waals surface area contributed by atoms with E-state index in [1.807, 2.05) is 37.3 Å². The topological polar surface area (TPSA) is 47.6 Å². The van der Waals surface area contributed by atoms with Gasteiger partial charge in [-0.1, -0.05) is 18.2 Å². The van der Waals surface area contributed by atoms with Crippen LogP contribution in [-0.4, -0.2) is 31.8 Å². The molecule has 17 heavy (non-hydrogen) atoms. The van der Waals surface area contributed by atoms with E-state index in [1.54, 1.807) is 14.0 Å². The summed E-state index contributed by atoms with van der Waals surface area (Å²) in [6.45, 7) is 4.10. The summed E-state index contributed by atoms with van der Waals surface area (Å²) in [6.07, 6.45) is -0.517. The molecular formula is C13H19NO3. The Balaban J connectivity index is 2.42. The van der Waals surface area contributed by atoms with Gasteiger partial charge in [-0.2, -0.15) is 0 Å². The van der Waals surface area contributed by atoms with Gasteiger partial charge in [-0.3, -0.25) is 4.79 Å². The van der Waals surface area contributed by atoms with E-state index in [1.165, 1.54) is 0 Å². The van der Waals surface area contributed by atoms with Gasteiger partial charge in [-0.15, -0.1) is 0 Å². The molecule has 0 saturated heterocycles.